The highest BCUT2D eigenvalue weighted by molar-refractivity contribution is 6.34. The third kappa shape index (κ3) is 4.63. The van der Waals surface area contributed by atoms with Gasteiger partial charge in [0.05, 0.1) is 16.4 Å². The van der Waals surface area contributed by atoms with Crippen molar-refractivity contribution in [2.75, 3.05) is 5.32 Å². The SMILES string of the molecule is CC(=O)C(/N=N/c1ccc(Cl)cc1C)C(=O)Nc1ccccc1Cl. The monoisotopic (exact) mass is 363 g/mol. The molecule has 24 heavy (non-hydrogen) atoms. The van der Waals surface area contributed by atoms with Gasteiger partial charge in [-0.15, -0.1) is 0 Å². The van der Waals surface area contributed by atoms with Crippen LogP contribution in [-0.4, -0.2) is 17.7 Å². The van der Waals surface area contributed by atoms with Crippen LogP contribution in [-0.2, 0) is 9.59 Å². The van der Waals surface area contributed by atoms with E-state index in [0.29, 0.717) is 21.4 Å². The number of anilines is 1. The van der Waals surface area contributed by atoms with Gasteiger partial charge in [-0.25, -0.2) is 0 Å². The molecule has 7 heteroatoms. The molecule has 2 rings (SSSR count). The minimum absolute atomic E-state index is 0.374. The van der Waals surface area contributed by atoms with E-state index < -0.39 is 17.7 Å². The van der Waals surface area contributed by atoms with Crippen molar-refractivity contribution in [2.24, 2.45) is 10.2 Å². The van der Waals surface area contributed by atoms with Crippen LogP contribution in [0.3, 0.4) is 0 Å². The number of hydrogen-bond acceptors (Lipinski definition) is 4. The number of ketones is 1. The summed E-state index contributed by atoms with van der Waals surface area (Å²) < 4.78 is 0. The maximum Gasteiger partial charge on any atom is 0.258 e. The highest BCUT2D eigenvalue weighted by atomic mass is 35.5. The first-order valence-corrected chi connectivity index (χ1v) is 7.87. The maximum absolute atomic E-state index is 12.3. The third-order valence-electron chi connectivity index (χ3n) is 3.20. The minimum Gasteiger partial charge on any atom is -0.322 e. The van der Waals surface area contributed by atoms with Crippen molar-refractivity contribution in [3.05, 3.63) is 58.1 Å². The lowest BCUT2D eigenvalue weighted by Crippen LogP contribution is -2.31. The molecular weight excluding hydrogens is 349 g/mol. The van der Waals surface area contributed by atoms with Gasteiger partial charge in [0.15, 0.2) is 5.78 Å². The van der Waals surface area contributed by atoms with Crippen LogP contribution in [0.25, 0.3) is 0 Å². The molecule has 0 bridgehead atoms. The Morgan fingerprint density at radius 3 is 2.46 bits per heavy atom. The van der Waals surface area contributed by atoms with Gasteiger partial charge in [-0.3, -0.25) is 9.59 Å². The molecule has 0 saturated heterocycles. The summed E-state index contributed by atoms with van der Waals surface area (Å²) >= 11 is 11.9. The van der Waals surface area contributed by atoms with Gasteiger partial charge in [-0.2, -0.15) is 10.2 Å². The number of carbonyl (C=O) groups is 2. The topological polar surface area (TPSA) is 70.9 Å². The summed E-state index contributed by atoms with van der Waals surface area (Å²) in [6.45, 7) is 3.09. The van der Waals surface area contributed by atoms with Crippen molar-refractivity contribution in [3.8, 4) is 0 Å². The molecule has 0 fully saturated rings. The van der Waals surface area contributed by atoms with Gasteiger partial charge in [0.25, 0.3) is 5.91 Å². The van der Waals surface area contributed by atoms with Crippen molar-refractivity contribution in [1.82, 2.24) is 0 Å². The molecule has 5 nitrogen and oxygen atoms in total. The Morgan fingerprint density at radius 2 is 1.83 bits per heavy atom. The van der Waals surface area contributed by atoms with Gasteiger partial charge in [0.2, 0.25) is 6.04 Å². The van der Waals surface area contributed by atoms with E-state index in [1.807, 2.05) is 6.92 Å². The molecule has 1 atom stereocenters. The summed E-state index contributed by atoms with van der Waals surface area (Å²) in [5.74, 6) is -1.01. The van der Waals surface area contributed by atoms with Gasteiger partial charge in [0, 0.05) is 5.02 Å². The zero-order valence-corrected chi connectivity index (χ0v) is 14.6. The number of para-hydroxylation sites is 1. The molecular formula is C17H15Cl2N3O2. The Balaban J connectivity index is 2.20. The number of rotatable bonds is 5. The van der Waals surface area contributed by atoms with Crippen molar-refractivity contribution in [3.63, 3.8) is 0 Å². The van der Waals surface area contributed by atoms with Crippen molar-refractivity contribution in [2.45, 2.75) is 19.9 Å². The fraction of sp³-hybridized carbons (Fsp3) is 0.176. The summed E-state index contributed by atoms with van der Waals surface area (Å²) in [6, 6.07) is 10.5. The first-order chi connectivity index (χ1) is 11.4. The highest BCUT2D eigenvalue weighted by Crippen LogP contribution is 2.24. The largest absolute Gasteiger partial charge is 0.322 e. The number of nitrogens with one attached hydrogen (secondary N) is 1. The molecule has 0 radical (unpaired) electrons. The number of halogens is 2. The van der Waals surface area contributed by atoms with E-state index in [4.69, 9.17) is 23.2 Å². The summed E-state index contributed by atoms with van der Waals surface area (Å²) in [5, 5.41) is 11.4. The van der Waals surface area contributed by atoms with Crippen LogP contribution in [0.4, 0.5) is 11.4 Å². The molecule has 0 aromatic heterocycles. The van der Waals surface area contributed by atoms with E-state index >= 15 is 0 Å². The Bertz CT molecular complexity index is 806. The Hall–Kier alpha value is -2.24. The van der Waals surface area contributed by atoms with Crippen molar-refractivity contribution in [1.29, 1.82) is 0 Å². The quantitative estimate of drug-likeness (QED) is 0.600. The Labute approximate surface area is 149 Å². The van der Waals surface area contributed by atoms with Crippen LogP contribution in [0, 0.1) is 6.92 Å². The number of azo groups is 1. The van der Waals surface area contributed by atoms with Crippen molar-refractivity contribution >= 4 is 46.3 Å². The van der Waals surface area contributed by atoms with E-state index in [2.05, 4.69) is 15.5 Å². The predicted octanol–water partition coefficient (Wildman–Crippen LogP) is 4.98. The molecule has 124 valence electrons. The minimum atomic E-state index is -1.25. The average molecular weight is 364 g/mol. The molecule has 2 aromatic rings. The maximum atomic E-state index is 12.3. The number of benzene rings is 2. The molecule has 1 N–H and O–H groups in total. The molecule has 1 unspecified atom stereocenters. The normalized spacial score (nSPS) is 12.2. The molecule has 0 aliphatic heterocycles. The summed E-state index contributed by atoms with van der Waals surface area (Å²) in [7, 11) is 0. The molecule has 0 aliphatic carbocycles. The van der Waals surface area contributed by atoms with Crippen LogP contribution >= 0.6 is 23.2 Å². The van der Waals surface area contributed by atoms with Gasteiger partial charge < -0.3 is 5.32 Å². The summed E-state index contributed by atoms with van der Waals surface area (Å²) in [6.07, 6.45) is 0. The zero-order valence-electron chi connectivity index (χ0n) is 13.1. The zero-order chi connectivity index (χ0) is 17.7. The van der Waals surface area contributed by atoms with Gasteiger partial charge in [0.1, 0.15) is 0 Å². The van der Waals surface area contributed by atoms with E-state index in [0.717, 1.165) is 5.56 Å². The van der Waals surface area contributed by atoms with Crippen LogP contribution in [0.2, 0.25) is 10.0 Å². The first-order valence-electron chi connectivity index (χ1n) is 7.11. The molecule has 0 heterocycles. The van der Waals surface area contributed by atoms with Crippen LogP contribution in [0.15, 0.2) is 52.7 Å². The Kier molecular flexibility index (Phi) is 6.06. The fourth-order valence-electron chi connectivity index (χ4n) is 1.93. The second kappa shape index (κ2) is 8.04. The number of aryl methyl sites for hydroxylation is 1. The lowest BCUT2D eigenvalue weighted by molar-refractivity contribution is -0.126. The summed E-state index contributed by atoms with van der Waals surface area (Å²) in [5.41, 5.74) is 1.74. The lowest BCUT2D eigenvalue weighted by Gasteiger charge is -2.10. The number of amides is 1. The highest BCUT2D eigenvalue weighted by Gasteiger charge is 2.23. The van der Waals surface area contributed by atoms with E-state index in [9.17, 15) is 9.59 Å². The molecule has 0 saturated carbocycles. The number of nitrogens with zero attached hydrogens (tertiary/aromatic N) is 2. The summed E-state index contributed by atoms with van der Waals surface area (Å²) in [4.78, 5) is 24.1. The van der Waals surface area contributed by atoms with Crippen molar-refractivity contribution < 1.29 is 9.59 Å². The predicted molar refractivity (Wildman–Crippen MR) is 95.3 cm³/mol. The van der Waals surface area contributed by atoms with Crippen LogP contribution in [0.5, 0.6) is 0 Å². The van der Waals surface area contributed by atoms with Crippen LogP contribution < -0.4 is 5.32 Å². The van der Waals surface area contributed by atoms with E-state index in [1.54, 1.807) is 42.5 Å². The van der Waals surface area contributed by atoms with E-state index in [-0.39, 0.29) is 0 Å². The van der Waals surface area contributed by atoms with Gasteiger partial charge in [-0.05, 0) is 49.7 Å². The van der Waals surface area contributed by atoms with E-state index in [1.165, 1.54) is 6.92 Å². The molecule has 0 aliphatic rings. The standard InChI is InChI=1S/C17H15Cl2N3O2/c1-10-9-12(18)7-8-14(10)21-22-16(11(2)23)17(24)20-15-6-4-3-5-13(15)19/h3-9,16H,1-2H3,(H,20,24)/b22-21+. The molecule has 2 aromatic carbocycles. The second-order valence-electron chi connectivity index (χ2n) is 5.13. The smallest absolute Gasteiger partial charge is 0.258 e. The molecule has 0 spiro atoms. The third-order valence-corrected chi connectivity index (χ3v) is 3.77. The molecule has 1 amide bonds. The fourth-order valence-corrected chi connectivity index (χ4v) is 2.34. The number of carbonyl (C=O) groups excluding carboxylic acids is 2. The van der Waals surface area contributed by atoms with Gasteiger partial charge >= 0.3 is 0 Å². The first kappa shape index (κ1) is 18.1. The average Bonchev–Trinajstić information content (AvgIpc) is 2.51. The van der Waals surface area contributed by atoms with Crippen LogP contribution in [0.1, 0.15) is 12.5 Å². The number of hydrogen-bond donors (Lipinski definition) is 1. The number of Topliss-reactive ketones (excluding diaryl/α,β-unsaturated/α-hetero) is 1. The lowest BCUT2D eigenvalue weighted by atomic mass is 10.2. The van der Waals surface area contributed by atoms with Gasteiger partial charge in [-0.1, -0.05) is 35.3 Å². The Morgan fingerprint density at radius 1 is 1.12 bits per heavy atom. The second-order valence-corrected chi connectivity index (χ2v) is 5.97.